The fourth-order valence-corrected chi connectivity index (χ4v) is 4.56. The minimum Gasteiger partial charge on any atom is -0.379 e. The number of carbonyl (C=O) groups is 1. The zero-order chi connectivity index (χ0) is 22.5. The molecule has 0 atom stereocenters. The number of nitro groups is 1. The predicted molar refractivity (Wildman–Crippen MR) is 126 cm³/mol. The van der Waals surface area contributed by atoms with Crippen LogP contribution in [-0.4, -0.2) is 60.1 Å². The Morgan fingerprint density at radius 1 is 1.25 bits per heavy atom. The smallest absolute Gasteiger partial charge is 0.269 e. The molecule has 1 fully saturated rings. The monoisotopic (exact) mass is 452 g/mol. The Hall–Kier alpha value is -3.14. The van der Waals surface area contributed by atoms with Crippen LogP contribution in [0.4, 0.5) is 10.8 Å². The zero-order valence-corrected chi connectivity index (χ0v) is 18.6. The third-order valence-corrected chi connectivity index (χ3v) is 6.34. The van der Waals surface area contributed by atoms with Crippen molar-refractivity contribution in [2.75, 3.05) is 44.3 Å². The topological polar surface area (TPSA) is 88.8 Å². The van der Waals surface area contributed by atoms with E-state index in [4.69, 9.17) is 9.72 Å². The van der Waals surface area contributed by atoms with E-state index in [1.54, 1.807) is 23.1 Å². The predicted octanol–water partition coefficient (Wildman–Crippen LogP) is 3.89. The third-order valence-electron chi connectivity index (χ3n) is 5.30. The number of nitro benzene ring substituents is 1. The summed E-state index contributed by atoms with van der Waals surface area (Å²) >= 11 is 1.50. The van der Waals surface area contributed by atoms with Gasteiger partial charge in [-0.3, -0.25) is 24.7 Å². The number of hydrogen-bond acceptors (Lipinski definition) is 7. The molecule has 1 saturated heterocycles. The molecule has 1 aliphatic heterocycles. The first kappa shape index (κ1) is 22.1. The Balaban J connectivity index is 1.55. The molecule has 3 aromatic rings. The lowest BCUT2D eigenvalue weighted by molar-refractivity contribution is -0.384. The Labute approximate surface area is 189 Å². The molecule has 4 rings (SSSR count). The molecule has 166 valence electrons. The van der Waals surface area contributed by atoms with E-state index in [1.165, 1.54) is 29.5 Å². The van der Waals surface area contributed by atoms with Gasteiger partial charge < -0.3 is 4.74 Å². The molecule has 2 heterocycles. The van der Waals surface area contributed by atoms with Crippen molar-refractivity contribution in [3.63, 3.8) is 0 Å². The molecular formula is C23H24N4O4S. The molecule has 32 heavy (non-hydrogen) atoms. The van der Waals surface area contributed by atoms with Crippen LogP contribution in [0.1, 0.15) is 11.1 Å². The van der Waals surface area contributed by atoms with Gasteiger partial charge in [0.2, 0.25) is 0 Å². The number of benzene rings is 2. The first-order valence-corrected chi connectivity index (χ1v) is 11.2. The summed E-state index contributed by atoms with van der Waals surface area (Å²) in [6.07, 6.45) is 3.17. The Morgan fingerprint density at radius 3 is 2.72 bits per heavy atom. The molecule has 2 aromatic carbocycles. The molecule has 0 spiro atoms. The first-order valence-electron chi connectivity index (χ1n) is 10.4. The van der Waals surface area contributed by atoms with Crippen molar-refractivity contribution < 1.29 is 14.5 Å². The van der Waals surface area contributed by atoms with Crippen molar-refractivity contribution in [2.45, 2.75) is 6.92 Å². The van der Waals surface area contributed by atoms with Crippen LogP contribution < -0.4 is 4.90 Å². The molecule has 1 amide bonds. The number of carbonyl (C=O) groups excluding carboxylic acids is 1. The van der Waals surface area contributed by atoms with E-state index in [2.05, 4.69) is 11.0 Å². The van der Waals surface area contributed by atoms with Crippen molar-refractivity contribution >= 4 is 44.4 Å². The number of hydrogen-bond donors (Lipinski definition) is 0. The maximum Gasteiger partial charge on any atom is 0.269 e. The summed E-state index contributed by atoms with van der Waals surface area (Å²) in [6, 6.07) is 12.2. The standard InChI is InChI=1S/C23H24N4O4S/c1-17-2-8-20-21(16-17)32-23(24-20)26(11-10-25-12-14-31-15-13-25)22(28)9-5-18-3-6-19(7-4-18)27(29)30/h2-9,16H,10-15H2,1H3/b9-5+. The number of ether oxygens (including phenoxy) is 1. The molecule has 1 aromatic heterocycles. The van der Waals surface area contributed by atoms with Crippen LogP contribution >= 0.6 is 11.3 Å². The highest BCUT2D eigenvalue weighted by molar-refractivity contribution is 7.22. The molecule has 9 heteroatoms. The van der Waals surface area contributed by atoms with Gasteiger partial charge in [-0.05, 0) is 48.4 Å². The van der Waals surface area contributed by atoms with Crippen molar-refractivity contribution in [2.24, 2.45) is 0 Å². The quantitative estimate of drug-likeness (QED) is 0.307. The van der Waals surface area contributed by atoms with E-state index in [1.807, 2.05) is 19.1 Å². The Kier molecular flexibility index (Phi) is 6.89. The lowest BCUT2D eigenvalue weighted by Gasteiger charge is -2.28. The van der Waals surface area contributed by atoms with E-state index >= 15 is 0 Å². The Bertz CT molecular complexity index is 1140. The van der Waals surface area contributed by atoms with Gasteiger partial charge in [-0.15, -0.1) is 0 Å². The average Bonchev–Trinajstić information content (AvgIpc) is 3.21. The van der Waals surface area contributed by atoms with Crippen LogP contribution in [0.15, 0.2) is 48.5 Å². The van der Waals surface area contributed by atoms with E-state index < -0.39 is 4.92 Å². The summed E-state index contributed by atoms with van der Waals surface area (Å²) in [7, 11) is 0. The van der Waals surface area contributed by atoms with Crippen LogP contribution in [0.2, 0.25) is 0 Å². The highest BCUT2D eigenvalue weighted by atomic mass is 32.1. The number of thiazole rings is 1. The molecule has 0 bridgehead atoms. The van der Waals surface area contributed by atoms with Crippen LogP contribution in [0, 0.1) is 17.0 Å². The molecule has 0 unspecified atom stereocenters. The van der Waals surface area contributed by atoms with Crippen molar-refractivity contribution in [1.29, 1.82) is 0 Å². The van der Waals surface area contributed by atoms with Gasteiger partial charge in [0, 0.05) is 44.4 Å². The van der Waals surface area contributed by atoms with Gasteiger partial charge in [-0.2, -0.15) is 0 Å². The van der Waals surface area contributed by atoms with Crippen LogP contribution in [-0.2, 0) is 9.53 Å². The number of amides is 1. The largest absolute Gasteiger partial charge is 0.379 e. The van der Waals surface area contributed by atoms with Gasteiger partial charge in [0.05, 0.1) is 28.4 Å². The van der Waals surface area contributed by atoms with E-state index in [0.29, 0.717) is 24.9 Å². The number of aromatic nitrogens is 1. The molecule has 8 nitrogen and oxygen atoms in total. The van der Waals surface area contributed by atoms with Gasteiger partial charge in [0.15, 0.2) is 5.13 Å². The SMILES string of the molecule is Cc1ccc2nc(N(CCN3CCOCC3)C(=O)/C=C/c3ccc([N+](=O)[O-])cc3)sc2c1. The number of rotatable bonds is 7. The number of anilines is 1. The van der Waals surface area contributed by atoms with Crippen molar-refractivity contribution in [1.82, 2.24) is 9.88 Å². The molecule has 0 radical (unpaired) electrons. The van der Waals surface area contributed by atoms with Gasteiger partial charge in [-0.25, -0.2) is 4.98 Å². The summed E-state index contributed by atoms with van der Waals surface area (Å²) < 4.78 is 6.46. The fraction of sp³-hybridized carbons (Fsp3) is 0.304. The molecular weight excluding hydrogens is 428 g/mol. The summed E-state index contributed by atoms with van der Waals surface area (Å²) in [6.45, 7) is 6.38. The van der Waals surface area contributed by atoms with Gasteiger partial charge >= 0.3 is 0 Å². The number of fused-ring (bicyclic) bond motifs is 1. The lowest BCUT2D eigenvalue weighted by atomic mass is 10.2. The first-order chi connectivity index (χ1) is 15.5. The highest BCUT2D eigenvalue weighted by Crippen LogP contribution is 2.30. The molecule has 0 saturated carbocycles. The fourth-order valence-electron chi connectivity index (χ4n) is 3.47. The minimum absolute atomic E-state index is 0.0189. The third kappa shape index (κ3) is 5.37. The second kappa shape index (κ2) is 9.99. The van der Waals surface area contributed by atoms with E-state index in [-0.39, 0.29) is 11.6 Å². The van der Waals surface area contributed by atoms with Gasteiger partial charge in [-0.1, -0.05) is 17.4 Å². The average molecular weight is 453 g/mol. The van der Waals surface area contributed by atoms with E-state index in [9.17, 15) is 14.9 Å². The maximum atomic E-state index is 13.2. The number of aryl methyl sites for hydroxylation is 1. The van der Waals surface area contributed by atoms with E-state index in [0.717, 1.165) is 41.0 Å². The second-order valence-electron chi connectivity index (χ2n) is 7.59. The molecule has 0 N–H and O–H groups in total. The number of non-ortho nitro benzene ring substituents is 1. The minimum atomic E-state index is -0.444. The molecule has 0 aliphatic carbocycles. The van der Waals surface area contributed by atoms with Crippen LogP contribution in [0.25, 0.3) is 16.3 Å². The normalized spacial score (nSPS) is 14.8. The summed E-state index contributed by atoms with van der Waals surface area (Å²) in [5.41, 5.74) is 2.76. The van der Waals surface area contributed by atoms with Crippen molar-refractivity contribution in [3.8, 4) is 0 Å². The molecule has 1 aliphatic rings. The maximum absolute atomic E-state index is 13.2. The highest BCUT2D eigenvalue weighted by Gasteiger charge is 2.20. The van der Waals surface area contributed by atoms with Crippen LogP contribution in [0.5, 0.6) is 0 Å². The zero-order valence-electron chi connectivity index (χ0n) is 17.8. The Morgan fingerprint density at radius 2 is 2.00 bits per heavy atom. The summed E-state index contributed by atoms with van der Waals surface area (Å²) in [5.74, 6) is -0.174. The second-order valence-corrected chi connectivity index (χ2v) is 8.60. The van der Waals surface area contributed by atoms with Crippen LogP contribution in [0.3, 0.4) is 0 Å². The number of nitrogens with zero attached hydrogens (tertiary/aromatic N) is 4. The lowest BCUT2D eigenvalue weighted by Crippen LogP contribution is -2.42. The van der Waals surface area contributed by atoms with Crippen molar-refractivity contribution in [3.05, 3.63) is 69.8 Å². The van der Waals surface area contributed by atoms with Gasteiger partial charge in [0.1, 0.15) is 0 Å². The number of morpholine rings is 1. The summed E-state index contributed by atoms with van der Waals surface area (Å²) in [4.78, 5) is 32.2. The summed E-state index contributed by atoms with van der Waals surface area (Å²) in [5, 5.41) is 11.5. The van der Waals surface area contributed by atoms with Gasteiger partial charge in [0.25, 0.3) is 11.6 Å².